The Bertz CT molecular complexity index is 520. The maximum absolute atomic E-state index is 11.6. The van der Waals surface area contributed by atoms with Crippen LogP contribution >= 0.6 is 12.4 Å². The Morgan fingerprint density at radius 1 is 1.21 bits per heavy atom. The predicted octanol–water partition coefficient (Wildman–Crippen LogP) is 1.03. The standard InChI is InChI=1S/C11H17N3O3S.ClH/c1-12-8-7-11(15)13-9-5-3-4-6-10(9)14-18(2,16)17;/h3-6,12,14H,7-8H2,1-2H3,(H,13,15);1H. The number of carbonyl (C=O) groups is 1. The summed E-state index contributed by atoms with van der Waals surface area (Å²) in [5, 5.41) is 5.53. The summed E-state index contributed by atoms with van der Waals surface area (Å²) in [5.41, 5.74) is 0.807. The molecule has 108 valence electrons. The van der Waals surface area contributed by atoms with E-state index in [1.165, 1.54) is 0 Å². The number of anilines is 2. The summed E-state index contributed by atoms with van der Waals surface area (Å²) in [4.78, 5) is 11.6. The minimum atomic E-state index is -3.37. The molecule has 3 N–H and O–H groups in total. The van der Waals surface area contributed by atoms with E-state index in [9.17, 15) is 13.2 Å². The number of hydrogen-bond donors (Lipinski definition) is 3. The lowest BCUT2D eigenvalue weighted by Gasteiger charge is -2.11. The monoisotopic (exact) mass is 307 g/mol. The van der Waals surface area contributed by atoms with Crippen LogP contribution in [0.15, 0.2) is 24.3 Å². The van der Waals surface area contributed by atoms with E-state index < -0.39 is 10.0 Å². The SMILES string of the molecule is CNCCC(=O)Nc1ccccc1NS(C)(=O)=O.Cl. The molecule has 0 aliphatic carbocycles. The summed E-state index contributed by atoms with van der Waals surface area (Å²) in [7, 11) is -1.61. The van der Waals surface area contributed by atoms with Crippen LogP contribution in [0, 0.1) is 0 Å². The Balaban J connectivity index is 0.00000324. The summed E-state index contributed by atoms with van der Waals surface area (Å²) in [5.74, 6) is -0.174. The Morgan fingerprint density at radius 2 is 1.79 bits per heavy atom. The molecule has 0 aliphatic heterocycles. The number of sulfonamides is 1. The zero-order valence-corrected chi connectivity index (χ0v) is 12.4. The molecule has 0 unspecified atom stereocenters. The molecule has 6 nitrogen and oxygen atoms in total. The van der Waals surface area contributed by atoms with Crippen LogP contribution < -0.4 is 15.4 Å². The minimum Gasteiger partial charge on any atom is -0.324 e. The van der Waals surface area contributed by atoms with Gasteiger partial charge in [0.2, 0.25) is 15.9 Å². The molecular formula is C11H18ClN3O3S. The van der Waals surface area contributed by atoms with E-state index in [4.69, 9.17) is 0 Å². The average Bonchev–Trinajstić information content (AvgIpc) is 2.27. The van der Waals surface area contributed by atoms with Gasteiger partial charge in [-0.2, -0.15) is 0 Å². The van der Waals surface area contributed by atoms with E-state index >= 15 is 0 Å². The summed E-state index contributed by atoms with van der Waals surface area (Å²) < 4.78 is 24.7. The van der Waals surface area contributed by atoms with Crippen LogP contribution in [-0.4, -0.2) is 34.2 Å². The van der Waals surface area contributed by atoms with Crippen LogP contribution in [0.4, 0.5) is 11.4 Å². The molecule has 0 aliphatic rings. The van der Waals surface area contributed by atoms with Gasteiger partial charge in [0.05, 0.1) is 17.6 Å². The Labute approximate surface area is 119 Å². The maximum Gasteiger partial charge on any atom is 0.229 e. The first-order valence-electron chi connectivity index (χ1n) is 5.43. The van der Waals surface area contributed by atoms with E-state index in [2.05, 4.69) is 15.4 Å². The number of carbonyl (C=O) groups excluding carboxylic acids is 1. The van der Waals surface area contributed by atoms with E-state index in [1.54, 1.807) is 31.3 Å². The summed E-state index contributed by atoms with van der Waals surface area (Å²) in [6.45, 7) is 0.563. The van der Waals surface area contributed by atoms with Gasteiger partial charge in [-0.1, -0.05) is 12.1 Å². The summed E-state index contributed by atoms with van der Waals surface area (Å²) in [6, 6.07) is 6.65. The summed E-state index contributed by atoms with van der Waals surface area (Å²) in [6.07, 6.45) is 1.39. The van der Waals surface area contributed by atoms with Gasteiger partial charge < -0.3 is 10.6 Å². The van der Waals surface area contributed by atoms with Crippen molar-refractivity contribution >= 4 is 39.7 Å². The molecule has 0 atom stereocenters. The van der Waals surface area contributed by atoms with Crippen molar-refractivity contribution in [3.05, 3.63) is 24.3 Å². The fraction of sp³-hybridized carbons (Fsp3) is 0.364. The molecule has 0 saturated heterocycles. The van der Waals surface area contributed by atoms with Crippen molar-refractivity contribution in [1.29, 1.82) is 0 Å². The Hall–Kier alpha value is -1.31. The van der Waals surface area contributed by atoms with Gasteiger partial charge in [0.1, 0.15) is 0 Å². The fourth-order valence-corrected chi connectivity index (χ4v) is 1.91. The number of nitrogens with one attached hydrogen (secondary N) is 3. The third-order valence-electron chi connectivity index (χ3n) is 2.10. The van der Waals surface area contributed by atoms with Crippen molar-refractivity contribution in [2.75, 3.05) is 29.9 Å². The van der Waals surface area contributed by atoms with Crippen molar-refractivity contribution < 1.29 is 13.2 Å². The van der Waals surface area contributed by atoms with Crippen LogP contribution in [0.2, 0.25) is 0 Å². The van der Waals surface area contributed by atoms with Crippen molar-refractivity contribution in [3.63, 3.8) is 0 Å². The highest BCUT2D eigenvalue weighted by atomic mass is 35.5. The van der Waals surface area contributed by atoms with Crippen molar-refractivity contribution in [2.45, 2.75) is 6.42 Å². The highest BCUT2D eigenvalue weighted by molar-refractivity contribution is 7.92. The second-order valence-corrected chi connectivity index (χ2v) is 5.57. The van der Waals surface area contributed by atoms with Gasteiger partial charge in [0, 0.05) is 13.0 Å². The summed E-state index contributed by atoms with van der Waals surface area (Å²) >= 11 is 0. The zero-order chi connectivity index (χ0) is 13.6. The van der Waals surface area contributed by atoms with Crippen LogP contribution in [0.1, 0.15) is 6.42 Å². The molecule has 1 rings (SSSR count). The predicted molar refractivity (Wildman–Crippen MR) is 79.3 cm³/mol. The van der Waals surface area contributed by atoms with Gasteiger partial charge in [-0.3, -0.25) is 9.52 Å². The minimum absolute atomic E-state index is 0. The molecule has 0 radical (unpaired) electrons. The largest absolute Gasteiger partial charge is 0.324 e. The molecule has 1 aromatic rings. The number of hydrogen-bond acceptors (Lipinski definition) is 4. The van der Waals surface area contributed by atoms with E-state index in [0.717, 1.165) is 6.26 Å². The third kappa shape index (κ3) is 7.00. The number of rotatable bonds is 6. The molecule has 0 spiro atoms. The number of amides is 1. The van der Waals surface area contributed by atoms with Crippen LogP contribution in [0.3, 0.4) is 0 Å². The molecule has 0 bridgehead atoms. The molecule has 1 aromatic carbocycles. The van der Waals surface area contributed by atoms with Gasteiger partial charge in [0.25, 0.3) is 0 Å². The van der Waals surface area contributed by atoms with Gasteiger partial charge in [-0.15, -0.1) is 12.4 Å². The number of halogens is 1. The number of para-hydroxylation sites is 2. The lowest BCUT2D eigenvalue weighted by atomic mass is 10.2. The van der Waals surface area contributed by atoms with Crippen LogP contribution in [0.25, 0.3) is 0 Å². The Kier molecular flexibility index (Phi) is 7.43. The normalized spacial score (nSPS) is 10.4. The van der Waals surface area contributed by atoms with Gasteiger partial charge in [-0.05, 0) is 19.2 Å². The first-order chi connectivity index (χ1) is 8.42. The molecule has 1 amide bonds. The zero-order valence-electron chi connectivity index (χ0n) is 10.8. The molecule has 8 heteroatoms. The maximum atomic E-state index is 11.6. The highest BCUT2D eigenvalue weighted by Gasteiger charge is 2.09. The van der Waals surface area contributed by atoms with Gasteiger partial charge >= 0.3 is 0 Å². The van der Waals surface area contributed by atoms with E-state index in [0.29, 0.717) is 24.3 Å². The van der Waals surface area contributed by atoms with Crippen molar-refractivity contribution in [2.24, 2.45) is 0 Å². The fourth-order valence-electron chi connectivity index (χ4n) is 1.33. The van der Waals surface area contributed by atoms with Gasteiger partial charge in [0.15, 0.2) is 0 Å². The third-order valence-corrected chi connectivity index (χ3v) is 2.69. The molecule has 19 heavy (non-hydrogen) atoms. The lowest BCUT2D eigenvalue weighted by molar-refractivity contribution is -0.116. The second-order valence-electron chi connectivity index (χ2n) is 3.82. The quantitative estimate of drug-likeness (QED) is 0.732. The first kappa shape index (κ1) is 17.7. The Morgan fingerprint density at radius 3 is 2.32 bits per heavy atom. The smallest absolute Gasteiger partial charge is 0.229 e. The molecular weight excluding hydrogens is 290 g/mol. The molecule has 0 aromatic heterocycles. The van der Waals surface area contributed by atoms with Crippen molar-refractivity contribution in [1.82, 2.24) is 5.32 Å². The van der Waals surface area contributed by atoms with Crippen LogP contribution in [0.5, 0.6) is 0 Å². The second kappa shape index (κ2) is 7.98. The molecule has 0 heterocycles. The van der Waals surface area contributed by atoms with Crippen LogP contribution in [-0.2, 0) is 14.8 Å². The molecule has 0 saturated carbocycles. The first-order valence-corrected chi connectivity index (χ1v) is 7.33. The van der Waals surface area contributed by atoms with E-state index in [1.807, 2.05) is 0 Å². The van der Waals surface area contributed by atoms with E-state index in [-0.39, 0.29) is 18.3 Å². The lowest BCUT2D eigenvalue weighted by Crippen LogP contribution is -2.20. The molecule has 0 fully saturated rings. The van der Waals surface area contributed by atoms with Gasteiger partial charge in [-0.25, -0.2) is 8.42 Å². The number of benzene rings is 1. The van der Waals surface area contributed by atoms with Crippen molar-refractivity contribution in [3.8, 4) is 0 Å². The topological polar surface area (TPSA) is 87.3 Å². The average molecular weight is 308 g/mol. The highest BCUT2D eigenvalue weighted by Crippen LogP contribution is 2.21.